The van der Waals surface area contributed by atoms with Crippen LogP contribution in [0, 0.1) is 23.7 Å². The van der Waals surface area contributed by atoms with Gasteiger partial charge >= 0.3 is 15.2 Å². The first kappa shape index (κ1) is 18.7. The lowest BCUT2D eigenvalue weighted by molar-refractivity contribution is 0.179. The highest BCUT2D eigenvalue weighted by Crippen LogP contribution is 2.65. The van der Waals surface area contributed by atoms with Crippen molar-refractivity contribution in [3.05, 3.63) is 0 Å². The van der Waals surface area contributed by atoms with Gasteiger partial charge in [-0.15, -0.1) is 0 Å². The lowest BCUT2D eigenvalue weighted by atomic mass is 10.5. The van der Waals surface area contributed by atoms with Crippen LogP contribution in [0.5, 0.6) is 0 Å². The molecule has 0 aliphatic heterocycles. The van der Waals surface area contributed by atoms with E-state index in [1.165, 1.54) is 0 Å². The van der Waals surface area contributed by atoms with Crippen molar-refractivity contribution in [2.45, 2.75) is 51.4 Å². The minimum absolute atomic E-state index is 0.237. The molecule has 0 radical (unpaired) electrons. The quantitative estimate of drug-likeness (QED) is 0.386. The molecule has 4 aliphatic carbocycles. The molecule has 0 aromatic carbocycles. The first-order chi connectivity index (χ1) is 12.0. The molecule has 0 bridgehead atoms. The minimum atomic E-state index is -3.46. The van der Waals surface area contributed by atoms with Gasteiger partial charge in [-0.3, -0.25) is 9.13 Å². The van der Waals surface area contributed by atoms with Crippen LogP contribution in [0.15, 0.2) is 0 Å². The van der Waals surface area contributed by atoms with E-state index in [1.54, 1.807) is 0 Å². The molecular formula is C17H30O6P2. The molecule has 4 saturated carbocycles. The maximum Gasteiger partial charge on any atom is 0.342 e. The van der Waals surface area contributed by atoms with Crippen molar-refractivity contribution in [1.29, 1.82) is 0 Å². The maximum atomic E-state index is 13.2. The Hall–Kier alpha value is 0.300. The van der Waals surface area contributed by atoms with Gasteiger partial charge in [-0.25, -0.2) is 0 Å². The Morgan fingerprint density at radius 2 is 0.760 bits per heavy atom. The summed E-state index contributed by atoms with van der Waals surface area (Å²) >= 11 is 0. The van der Waals surface area contributed by atoms with E-state index in [9.17, 15) is 9.13 Å². The highest BCUT2D eigenvalue weighted by Gasteiger charge is 2.43. The van der Waals surface area contributed by atoms with E-state index in [1.807, 2.05) is 0 Å². The van der Waals surface area contributed by atoms with Crippen LogP contribution in [-0.2, 0) is 27.2 Å². The van der Waals surface area contributed by atoms with Gasteiger partial charge in [0, 0.05) is 0 Å². The Morgan fingerprint density at radius 1 is 0.520 bits per heavy atom. The summed E-state index contributed by atoms with van der Waals surface area (Å²) < 4.78 is 49.2. The number of hydrogen-bond donors (Lipinski definition) is 0. The van der Waals surface area contributed by atoms with Crippen molar-refractivity contribution >= 4 is 15.2 Å². The Bertz CT molecular complexity index is 463. The molecule has 0 aromatic rings. The fraction of sp³-hybridized carbons (Fsp3) is 1.00. The zero-order valence-corrected chi connectivity index (χ0v) is 16.6. The van der Waals surface area contributed by atoms with Crippen LogP contribution in [0.2, 0.25) is 0 Å². The second-order valence-electron chi connectivity index (χ2n) is 8.32. The summed E-state index contributed by atoms with van der Waals surface area (Å²) in [6.07, 6.45) is 8.86. The van der Waals surface area contributed by atoms with Gasteiger partial charge in [0.2, 0.25) is 0 Å². The lowest BCUT2D eigenvalue weighted by Crippen LogP contribution is -2.10. The van der Waals surface area contributed by atoms with Crippen LogP contribution in [-0.4, -0.2) is 32.3 Å². The van der Waals surface area contributed by atoms with E-state index < -0.39 is 15.2 Å². The van der Waals surface area contributed by atoms with E-state index in [-0.39, 0.29) is 5.90 Å². The Labute approximate surface area is 150 Å². The van der Waals surface area contributed by atoms with Crippen molar-refractivity contribution < 1.29 is 27.2 Å². The van der Waals surface area contributed by atoms with Crippen LogP contribution < -0.4 is 0 Å². The number of rotatable bonds is 14. The molecule has 0 atom stereocenters. The van der Waals surface area contributed by atoms with E-state index in [0.717, 1.165) is 51.4 Å². The summed E-state index contributed by atoms with van der Waals surface area (Å²) in [7, 11) is -6.92. The smallest absolute Gasteiger partial charge is 0.308 e. The predicted octanol–water partition coefficient (Wildman–Crippen LogP) is 5.04. The topological polar surface area (TPSA) is 71.1 Å². The molecule has 144 valence electrons. The number of hydrogen-bond acceptors (Lipinski definition) is 6. The second-order valence-corrected chi connectivity index (χ2v) is 12.9. The largest absolute Gasteiger partial charge is 0.342 e. The molecule has 0 spiro atoms. The molecule has 0 aromatic heterocycles. The zero-order chi connectivity index (χ0) is 17.3. The first-order valence-electron chi connectivity index (χ1n) is 9.78. The van der Waals surface area contributed by atoms with E-state index in [0.29, 0.717) is 50.1 Å². The van der Waals surface area contributed by atoms with Gasteiger partial charge < -0.3 is 18.1 Å². The predicted molar refractivity (Wildman–Crippen MR) is 94.8 cm³/mol. The van der Waals surface area contributed by atoms with Crippen molar-refractivity contribution in [2.75, 3.05) is 32.3 Å². The van der Waals surface area contributed by atoms with Gasteiger partial charge in [-0.05, 0) is 75.0 Å². The summed E-state index contributed by atoms with van der Waals surface area (Å²) in [6, 6.07) is 0. The average Bonchev–Trinajstić information content (AvgIpc) is 3.47. The molecule has 0 amide bonds. The standard InChI is InChI=1S/C17H30O6P2/c18-24(20-9-14-1-2-14,21-10-15-3-4-15)13-25(19,22-11-16-5-6-16)23-12-17-7-8-17/h14-17H,1-13H2. The molecule has 4 rings (SSSR count). The maximum absolute atomic E-state index is 13.2. The van der Waals surface area contributed by atoms with Gasteiger partial charge in [-0.2, -0.15) is 0 Å². The normalized spacial score (nSPS) is 24.6. The SMILES string of the molecule is O=P(CP(=O)(OCC1CC1)OCC1CC1)(OCC1CC1)OCC1CC1. The van der Waals surface area contributed by atoms with Gasteiger partial charge in [-0.1, -0.05) is 0 Å². The van der Waals surface area contributed by atoms with Gasteiger partial charge in [0.1, 0.15) is 0 Å². The van der Waals surface area contributed by atoms with E-state index >= 15 is 0 Å². The minimum Gasteiger partial charge on any atom is -0.308 e. The Morgan fingerprint density at radius 3 is 0.960 bits per heavy atom. The zero-order valence-electron chi connectivity index (χ0n) is 14.8. The van der Waals surface area contributed by atoms with Crippen LogP contribution in [0.1, 0.15) is 51.4 Å². The Kier molecular flexibility index (Phi) is 5.77. The van der Waals surface area contributed by atoms with Crippen molar-refractivity contribution in [3.8, 4) is 0 Å². The van der Waals surface area contributed by atoms with Crippen molar-refractivity contribution in [3.63, 3.8) is 0 Å². The molecule has 0 unspecified atom stereocenters. The molecule has 0 saturated heterocycles. The Balaban J connectivity index is 1.37. The lowest BCUT2D eigenvalue weighted by Gasteiger charge is -2.24. The molecule has 0 N–H and O–H groups in total. The van der Waals surface area contributed by atoms with Crippen molar-refractivity contribution in [2.24, 2.45) is 23.7 Å². The van der Waals surface area contributed by atoms with E-state index in [2.05, 4.69) is 0 Å². The second kappa shape index (κ2) is 7.73. The fourth-order valence-corrected chi connectivity index (χ4v) is 7.37. The molecule has 0 heterocycles. The first-order valence-corrected chi connectivity index (χ1v) is 13.2. The van der Waals surface area contributed by atoms with E-state index in [4.69, 9.17) is 18.1 Å². The van der Waals surface area contributed by atoms with Gasteiger partial charge in [0.15, 0.2) is 5.90 Å². The van der Waals surface area contributed by atoms with Crippen LogP contribution in [0.3, 0.4) is 0 Å². The molecule has 4 fully saturated rings. The van der Waals surface area contributed by atoms with Crippen LogP contribution in [0.4, 0.5) is 0 Å². The third-order valence-corrected chi connectivity index (χ3v) is 10.1. The summed E-state index contributed by atoms with van der Waals surface area (Å²) in [4.78, 5) is 0. The van der Waals surface area contributed by atoms with Gasteiger partial charge in [0.05, 0.1) is 26.4 Å². The molecular weight excluding hydrogens is 362 g/mol. The van der Waals surface area contributed by atoms with Gasteiger partial charge in [0.25, 0.3) is 0 Å². The highest BCUT2D eigenvalue weighted by molar-refractivity contribution is 7.71. The third kappa shape index (κ3) is 6.75. The molecule has 8 heteroatoms. The summed E-state index contributed by atoms with van der Waals surface area (Å²) in [5.41, 5.74) is 0. The summed E-state index contributed by atoms with van der Waals surface area (Å²) in [5, 5.41) is 0. The van der Waals surface area contributed by atoms with Crippen LogP contribution >= 0.6 is 15.2 Å². The summed E-state index contributed by atoms with van der Waals surface area (Å²) in [5.74, 6) is 1.64. The van der Waals surface area contributed by atoms with Crippen LogP contribution in [0.25, 0.3) is 0 Å². The molecule has 6 nitrogen and oxygen atoms in total. The monoisotopic (exact) mass is 392 g/mol. The fourth-order valence-electron chi connectivity index (χ4n) is 2.46. The highest BCUT2D eigenvalue weighted by atomic mass is 31.2. The summed E-state index contributed by atoms with van der Waals surface area (Å²) in [6.45, 7) is 1.70. The molecule has 4 aliphatic rings. The third-order valence-electron chi connectivity index (χ3n) is 5.16. The molecule has 25 heavy (non-hydrogen) atoms. The average molecular weight is 392 g/mol. The van der Waals surface area contributed by atoms with Crippen molar-refractivity contribution in [1.82, 2.24) is 0 Å².